The molecule has 2 rings (SSSR count). The molecule has 0 aromatic heterocycles. The molecule has 0 amide bonds. The summed E-state index contributed by atoms with van der Waals surface area (Å²) in [7, 11) is 0. The highest BCUT2D eigenvalue weighted by Gasteiger charge is 2.25. The zero-order chi connectivity index (χ0) is 13.3. The molecule has 0 heterocycles. The topological polar surface area (TPSA) is 12.0 Å². The molecule has 1 aromatic rings. The molecule has 0 saturated heterocycles. The maximum absolute atomic E-state index is 13.4. The normalized spacial score (nSPS) is 18.1. The Hall–Kier alpha value is -1.26. The lowest BCUT2D eigenvalue weighted by Gasteiger charge is -2.22. The van der Waals surface area contributed by atoms with Crippen LogP contribution in [0.2, 0.25) is 0 Å². The van der Waals surface area contributed by atoms with Crippen LogP contribution < -0.4 is 5.32 Å². The van der Waals surface area contributed by atoms with Gasteiger partial charge in [0, 0.05) is 12.1 Å². The second kappa shape index (κ2) is 5.16. The summed E-state index contributed by atoms with van der Waals surface area (Å²) in [5, 5.41) is 2.57. The predicted molar refractivity (Wildman–Crippen MR) is 61.3 cm³/mol. The van der Waals surface area contributed by atoms with Crippen molar-refractivity contribution in [3.8, 4) is 0 Å². The molecule has 100 valence electrons. The van der Waals surface area contributed by atoms with Crippen molar-refractivity contribution in [3.63, 3.8) is 0 Å². The lowest BCUT2D eigenvalue weighted by molar-refractivity contribution is 0.444. The van der Waals surface area contributed by atoms with Crippen LogP contribution >= 0.6 is 0 Å². The van der Waals surface area contributed by atoms with Gasteiger partial charge in [0.2, 0.25) is 0 Å². The number of nitrogens with one attached hydrogen (secondary N) is 1. The Morgan fingerprint density at radius 3 is 2.06 bits per heavy atom. The molecule has 1 aromatic carbocycles. The van der Waals surface area contributed by atoms with Crippen molar-refractivity contribution in [2.45, 2.75) is 38.6 Å². The fourth-order valence-corrected chi connectivity index (χ4v) is 2.50. The third-order valence-electron chi connectivity index (χ3n) is 3.59. The highest BCUT2D eigenvalue weighted by molar-refractivity contribution is 5.48. The van der Waals surface area contributed by atoms with Gasteiger partial charge in [0.05, 0.1) is 0 Å². The lowest BCUT2D eigenvalue weighted by atomic mass is 9.99. The average Bonchev–Trinajstić information content (AvgIpc) is 2.85. The van der Waals surface area contributed by atoms with Gasteiger partial charge in [-0.15, -0.1) is 0 Å². The van der Waals surface area contributed by atoms with E-state index in [9.17, 15) is 17.6 Å². The first-order valence-electron chi connectivity index (χ1n) is 6.10. The van der Waals surface area contributed by atoms with Crippen LogP contribution in [0.15, 0.2) is 6.07 Å². The molecule has 1 N–H and O–H groups in total. The summed E-state index contributed by atoms with van der Waals surface area (Å²) in [4.78, 5) is 0. The van der Waals surface area contributed by atoms with Gasteiger partial charge < -0.3 is 5.32 Å². The molecule has 0 radical (unpaired) electrons. The first-order valence-corrected chi connectivity index (χ1v) is 6.10. The Kier molecular flexibility index (Phi) is 3.78. The Labute approximate surface area is 103 Å². The van der Waals surface area contributed by atoms with Crippen molar-refractivity contribution < 1.29 is 17.6 Å². The number of halogens is 4. The van der Waals surface area contributed by atoms with E-state index in [0.717, 1.165) is 25.7 Å². The van der Waals surface area contributed by atoms with Crippen LogP contribution in [0.5, 0.6) is 0 Å². The summed E-state index contributed by atoms with van der Waals surface area (Å²) in [5.41, 5.74) is -0.702. The van der Waals surface area contributed by atoms with Crippen LogP contribution in [-0.4, -0.2) is 6.04 Å². The summed E-state index contributed by atoms with van der Waals surface area (Å²) in [6.45, 7) is 1.78. The van der Waals surface area contributed by atoms with Crippen molar-refractivity contribution in [2.75, 3.05) is 5.32 Å². The molecule has 1 aliphatic carbocycles. The molecule has 1 unspecified atom stereocenters. The first-order chi connectivity index (χ1) is 8.50. The number of hydrogen-bond donors (Lipinski definition) is 1. The molecule has 1 atom stereocenters. The molecule has 18 heavy (non-hydrogen) atoms. The molecule has 1 nitrogen and oxygen atoms in total. The van der Waals surface area contributed by atoms with Gasteiger partial charge in [-0.05, 0) is 25.7 Å². The zero-order valence-electron chi connectivity index (χ0n) is 10.1. The Bertz CT molecular complexity index is 415. The van der Waals surface area contributed by atoms with E-state index in [0.29, 0.717) is 0 Å². The fraction of sp³-hybridized carbons (Fsp3) is 0.538. The summed E-state index contributed by atoms with van der Waals surface area (Å²) < 4.78 is 52.9. The van der Waals surface area contributed by atoms with Crippen molar-refractivity contribution in [1.29, 1.82) is 0 Å². The Morgan fingerprint density at radius 1 is 1.06 bits per heavy atom. The van der Waals surface area contributed by atoms with Crippen LogP contribution in [0.3, 0.4) is 0 Å². The van der Waals surface area contributed by atoms with Gasteiger partial charge in [-0.1, -0.05) is 12.8 Å². The standard InChI is InChI=1S/C13H15F4N/c1-7(8-4-2-3-5-8)18-13-11(16)9(14)6-10(15)12(13)17/h6-8,18H,2-5H2,1H3. The average molecular weight is 261 g/mol. The van der Waals surface area contributed by atoms with Crippen molar-refractivity contribution in [1.82, 2.24) is 0 Å². The van der Waals surface area contributed by atoms with E-state index < -0.39 is 29.0 Å². The van der Waals surface area contributed by atoms with Gasteiger partial charge in [0.1, 0.15) is 5.69 Å². The van der Waals surface area contributed by atoms with Gasteiger partial charge in [-0.2, -0.15) is 0 Å². The van der Waals surface area contributed by atoms with Crippen LogP contribution in [-0.2, 0) is 0 Å². The summed E-state index contributed by atoms with van der Waals surface area (Å²) in [6, 6.07) is 0.00787. The van der Waals surface area contributed by atoms with Gasteiger partial charge in [-0.25, -0.2) is 17.6 Å². The highest BCUT2D eigenvalue weighted by Crippen LogP contribution is 2.31. The lowest BCUT2D eigenvalue weighted by Crippen LogP contribution is -2.25. The second-order valence-electron chi connectivity index (χ2n) is 4.82. The van der Waals surface area contributed by atoms with E-state index in [-0.39, 0.29) is 18.0 Å². The number of anilines is 1. The highest BCUT2D eigenvalue weighted by atomic mass is 19.2. The second-order valence-corrected chi connectivity index (χ2v) is 4.82. The molecule has 0 aliphatic heterocycles. The van der Waals surface area contributed by atoms with Gasteiger partial charge in [0.25, 0.3) is 0 Å². The summed E-state index contributed by atoms with van der Waals surface area (Å²) >= 11 is 0. The van der Waals surface area contributed by atoms with E-state index in [4.69, 9.17) is 0 Å². The van der Waals surface area contributed by atoms with Crippen molar-refractivity contribution in [3.05, 3.63) is 29.3 Å². The first kappa shape index (κ1) is 13.2. The number of benzene rings is 1. The largest absolute Gasteiger partial charge is 0.377 e. The van der Waals surface area contributed by atoms with Crippen LogP contribution in [0, 0.1) is 29.2 Å². The minimum atomic E-state index is -1.38. The maximum atomic E-state index is 13.4. The predicted octanol–water partition coefficient (Wildman–Crippen LogP) is 4.23. The van der Waals surface area contributed by atoms with Crippen LogP contribution in [0.25, 0.3) is 0 Å². The van der Waals surface area contributed by atoms with Gasteiger partial charge in [-0.3, -0.25) is 0 Å². The van der Waals surface area contributed by atoms with E-state index in [1.165, 1.54) is 0 Å². The smallest absolute Gasteiger partial charge is 0.185 e. The Balaban J connectivity index is 2.22. The molecule has 5 heteroatoms. The van der Waals surface area contributed by atoms with Gasteiger partial charge in [0.15, 0.2) is 23.3 Å². The summed E-state index contributed by atoms with van der Waals surface area (Å²) in [5.74, 6) is -5.20. The van der Waals surface area contributed by atoms with Crippen LogP contribution in [0.1, 0.15) is 32.6 Å². The molecule has 1 fully saturated rings. The van der Waals surface area contributed by atoms with Crippen molar-refractivity contribution in [2.24, 2.45) is 5.92 Å². The Morgan fingerprint density at radius 2 is 1.56 bits per heavy atom. The third-order valence-corrected chi connectivity index (χ3v) is 3.59. The monoisotopic (exact) mass is 261 g/mol. The molecule has 1 saturated carbocycles. The van der Waals surface area contributed by atoms with E-state index in [1.54, 1.807) is 6.92 Å². The quantitative estimate of drug-likeness (QED) is 0.634. The van der Waals surface area contributed by atoms with E-state index in [1.807, 2.05) is 0 Å². The van der Waals surface area contributed by atoms with E-state index in [2.05, 4.69) is 5.32 Å². The number of rotatable bonds is 3. The molecular weight excluding hydrogens is 246 g/mol. The molecule has 1 aliphatic rings. The third kappa shape index (κ3) is 2.44. The van der Waals surface area contributed by atoms with E-state index >= 15 is 0 Å². The van der Waals surface area contributed by atoms with Gasteiger partial charge >= 0.3 is 0 Å². The summed E-state index contributed by atoms with van der Waals surface area (Å²) in [6.07, 6.45) is 4.10. The SMILES string of the molecule is CC(Nc1c(F)c(F)cc(F)c1F)C1CCCC1. The zero-order valence-corrected chi connectivity index (χ0v) is 10.1. The fourth-order valence-electron chi connectivity index (χ4n) is 2.50. The van der Waals surface area contributed by atoms with Crippen molar-refractivity contribution >= 4 is 5.69 Å². The minimum absolute atomic E-state index is 0.210. The maximum Gasteiger partial charge on any atom is 0.185 e. The van der Waals surface area contributed by atoms with Crippen LogP contribution in [0.4, 0.5) is 23.2 Å². The molecule has 0 spiro atoms. The molecular formula is C13H15F4N. The molecule has 0 bridgehead atoms. The number of hydrogen-bond acceptors (Lipinski definition) is 1. The minimum Gasteiger partial charge on any atom is -0.377 e.